The lowest BCUT2D eigenvalue weighted by atomic mass is 10.2. The van der Waals surface area contributed by atoms with Crippen molar-refractivity contribution >= 4 is 17.8 Å². The van der Waals surface area contributed by atoms with Gasteiger partial charge in [-0.05, 0) is 12.1 Å². The molecule has 1 rings (SSSR count). The molecule has 0 saturated heterocycles. The number of amides is 2. The van der Waals surface area contributed by atoms with Crippen molar-refractivity contribution < 1.29 is 24.6 Å². The highest BCUT2D eigenvalue weighted by atomic mass is 16.4. The van der Waals surface area contributed by atoms with E-state index in [1.165, 1.54) is 11.9 Å². The summed E-state index contributed by atoms with van der Waals surface area (Å²) in [7, 11) is 1.46. The van der Waals surface area contributed by atoms with Crippen molar-refractivity contribution in [3.8, 4) is 0 Å². The summed E-state index contributed by atoms with van der Waals surface area (Å²) in [6, 6.07) is 7.29. The van der Waals surface area contributed by atoms with Crippen LogP contribution in [-0.4, -0.2) is 59.1 Å². The Morgan fingerprint density at radius 3 is 2.38 bits per heavy atom. The number of hydrogen-bond acceptors (Lipinski definition) is 4. The molecule has 7 heteroatoms. The molecule has 7 nitrogen and oxygen atoms in total. The van der Waals surface area contributed by atoms with Gasteiger partial charge in [0.25, 0.3) is 5.91 Å². The van der Waals surface area contributed by atoms with Crippen LogP contribution in [-0.2, 0) is 9.59 Å². The topological polar surface area (TPSA) is 107 Å². The molecule has 0 spiro atoms. The molecule has 0 aliphatic heterocycles. The Balaban J connectivity index is 2.57. The van der Waals surface area contributed by atoms with E-state index in [2.05, 4.69) is 5.32 Å². The van der Waals surface area contributed by atoms with E-state index in [0.717, 1.165) is 0 Å². The third-order valence-corrected chi connectivity index (χ3v) is 2.80. The Bertz CT molecular complexity index is 503. The quantitative estimate of drug-likeness (QED) is 0.640. The predicted octanol–water partition coefficient (Wildman–Crippen LogP) is -0.290. The fourth-order valence-electron chi connectivity index (χ4n) is 1.71. The first-order chi connectivity index (χ1) is 9.95. The number of carbonyl (C=O) groups is 3. The molecule has 2 amide bonds. The highest BCUT2D eigenvalue weighted by molar-refractivity contribution is 5.96. The average Bonchev–Trinajstić information content (AvgIpc) is 2.46. The largest absolute Gasteiger partial charge is 0.480 e. The lowest BCUT2D eigenvalue weighted by molar-refractivity contribution is -0.142. The Morgan fingerprint density at radius 2 is 1.86 bits per heavy atom. The van der Waals surface area contributed by atoms with Gasteiger partial charge >= 0.3 is 5.97 Å². The number of aliphatic carboxylic acids is 1. The number of nitrogens with zero attached hydrogens (tertiary/aromatic N) is 1. The van der Waals surface area contributed by atoms with Gasteiger partial charge in [0.1, 0.15) is 6.04 Å². The normalized spacial score (nSPS) is 11.5. The third-order valence-electron chi connectivity index (χ3n) is 2.80. The number of nitrogens with one attached hydrogen (secondary N) is 1. The molecule has 21 heavy (non-hydrogen) atoms. The van der Waals surface area contributed by atoms with Crippen LogP contribution in [0.15, 0.2) is 30.3 Å². The van der Waals surface area contributed by atoms with Crippen LogP contribution in [0.25, 0.3) is 0 Å². The molecule has 0 unspecified atom stereocenters. The van der Waals surface area contributed by atoms with Crippen LogP contribution in [0.4, 0.5) is 0 Å². The number of likely N-dealkylation sites (N-methyl/N-ethyl adjacent to an activating group) is 1. The summed E-state index contributed by atoms with van der Waals surface area (Å²) in [5.74, 6) is -2.16. The first kappa shape index (κ1) is 16.6. The van der Waals surface area contributed by atoms with Gasteiger partial charge in [0.05, 0.1) is 6.54 Å². The molecule has 0 aliphatic carbocycles. The fraction of sp³-hybridized carbons (Fsp3) is 0.357. The monoisotopic (exact) mass is 294 g/mol. The van der Waals surface area contributed by atoms with Gasteiger partial charge in [0.15, 0.2) is 0 Å². The van der Waals surface area contributed by atoms with Gasteiger partial charge in [-0.3, -0.25) is 9.59 Å². The summed E-state index contributed by atoms with van der Waals surface area (Å²) in [6.45, 7) is -0.612. The van der Waals surface area contributed by atoms with Crippen molar-refractivity contribution in [2.45, 2.75) is 12.5 Å². The van der Waals surface area contributed by atoms with E-state index in [4.69, 9.17) is 10.2 Å². The van der Waals surface area contributed by atoms with Gasteiger partial charge < -0.3 is 20.4 Å². The summed E-state index contributed by atoms with van der Waals surface area (Å²) in [4.78, 5) is 35.8. The molecule has 1 aromatic carbocycles. The molecular formula is C14H18N2O5. The maximum Gasteiger partial charge on any atom is 0.326 e. The second-order valence-electron chi connectivity index (χ2n) is 4.50. The summed E-state index contributed by atoms with van der Waals surface area (Å²) in [5, 5.41) is 19.9. The van der Waals surface area contributed by atoms with Gasteiger partial charge in [-0.25, -0.2) is 4.79 Å². The van der Waals surface area contributed by atoms with Crippen LogP contribution < -0.4 is 5.32 Å². The number of carboxylic acid groups (broad SMARTS) is 1. The molecular weight excluding hydrogens is 276 g/mol. The van der Waals surface area contributed by atoms with Gasteiger partial charge in [0.2, 0.25) is 5.91 Å². The summed E-state index contributed by atoms with van der Waals surface area (Å²) in [6.07, 6.45) is -0.0859. The Labute approximate surface area is 122 Å². The lowest BCUT2D eigenvalue weighted by Crippen LogP contribution is -2.46. The van der Waals surface area contributed by atoms with Gasteiger partial charge in [0, 0.05) is 25.6 Å². The van der Waals surface area contributed by atoms with E-state index in [-0.39, 0.29) is 25.5 Å². The van der Waals surface area contributed by atoms with Crippen LogP contribution in [0.5, 0.6) is 0 Å². The fourth-order valence-corrected chi connectivity index (χ4v) is 1.71. The van der Waals surface area contributed by atoms with Crippen LogP contribution in [0.2, 0.25) is 0 Å². The van der Waals surface area contributed by atoms with Crippen LogP contribution >= 0.6 is 0 Å². The molecule has 0 aromatic heterocycles. The Hall–Kier alpha value is -2.41. The zero-order chi connectivity index (χ0) is 15.8. The smallest absolute Gasteiger partial charge is 0.326 e. The van der Waals surface area contributed by atoms with Crippen molar-refractivity contribution in [3.63, 3.8) is 0 Å². The number of rotatable bonds is 7. The zero-order valence-corrected chi connectivity index (χ0v) is 11.7. The van der Waals surface area contributed by atoms with E-state index in [1.807, 2.05) is 0 Å². The molecule has 0 radical (unpaired) electrons. The molecule has 0 saturated carbocycles. The average molecular weight is 294 g/mol. The number of aliphatic hydroxyl groups is 1. The van der Waals surface area contributed by atoms with Crippen LogP contribution in [0.1, 0.15) is 16.8 Å². The summed E-state index contributed by atoms with van der Waals surface area (Å²) < 4.78 is 0. The maximum atomic E-state index is 12.0. The number of carboxylic acids is 1. The minimum Gasteiger partial charge on any atom is -0.480 e. The Kier molecular flexibility index (Phi) is 6.35. The zero-order valence-electron chi connectivity index (χ0n) is 11.7. The first-order valence-corrected chi connectivity index (χ1v) is 6.39. The first-order valence-electron chi connectivity index (χ1n) is 6.39. The van der Waals surface area contributed by atoms with Crippen molar-refractivity contribution in [2.24, 2.45) is 0 Å². The highest BCUT2D eigenvalue weighted by Gasteiger charge is 2.21. The lowest BCUT2D eigenvalue weighted by Gasteiger charge is -2.19. The number of carbonyl (C=O) groups excluding carboxylic acids is 2. The maximum absolute atomic E-state index is 12.0. The Morgan fingerprint density at radius 1 is 1.24 bits per heavy atom. The standard InChI is InChI=1S/C14H18N2O5/c1-16(13(19)10-5-3-2-4-6-10)9-12(18)15-11(7-8-17)14(20)21/h2-6,11,17H,7-9H2,1H3,(H,15,18)(H,20,21)/t11-/m0/s1. The molecule has 1 atom stereocenters. The SMILES string of the molecule is CN(CC(=O)N[C@@H](CCO)C(=O)O)C(=O)c1ccccc1. The highest BCUT2D eigenvalue weighted by Crippen LogP contribution is 2.02. The summed E-state index contributed by atoms with van der Waals surface area (Å²) >= 11 is 0. The van der Waals surface area contributed by atoms with Crippen molar-refractivity contribution in [3.05, 3.63) is 35.9 Å². The molecule has 3 N–H and O–H groups in total. The van der Waals surface area contributed by atoms with Crippen molar-refractivity contribution in [1.29, 1.82) is 0 Å². The minimum absolute atomic E-state index is 0.0859. The van der Waals surface area contributed by atoms with E-state index in [0.29, 0.717) is 5.56 Å². The minimum atomic E-state index is -1.23. The second kappa shape index (κ2) is 8.01. The van der Waals surface area contributed by atoms with Gasteiger partial charge in [-0.15, -0.1) is 0 Å². The molecule has 0 bridgehead atoms. The van der Waals surface area contributed by atoms with E-state index < -0.39 is 17.9 Å². The second-order valence-corrected chi connectivity index (χ2v) is 4.50. The number of aliphatic hydroxyl groups excluding tert-OH is 1. The summed E-state index contributed by atoms with van der Waals surface area (Å²) in [5.41, 5.74) is 0.443. The molecule has 0 aliphatic rings. The van der Waals surface area contributed by atoms with E-state index in [1.54, 1.807) is 30.3 Å². The van der Waals surface area contributed by atoms with Crippen molar-refractivity contribution in [1.82, 2.24) is 10.2 Å². The van der Waals surface area contributed by atoms with E-state index in [9.17, 15) is 14.4 Å². The third kappa shape index (κ3) is 5.23. The molecule has 0 heterocycles. The molecule has 0 fully saturated rings. The molecule has 1 aromatic rings. The van der Waals surface area contributed by atoms with Crippen molar-refractivity contribution in [2.75, 3.05) is 20.2 Å². The number of hydrogen-bond donors (Lipinski definition) is 3. The van der Waals surface area contributed by atoms with Crippen LogP contribution in [0.3, 0.4) is 0 Å². The molecule has 114 valence electrons. The van der Waals surface area contributed by atoms with E-state index >= 15 is 0 Å². The van der Waals surface area contributed by atoms with Crippen LogP contribution in [0, 0.1) is 0 Å². The van der Waals surface area contributed by atoms with Gasteiger partial charge in [-0.1, -0.05) is 18.2 Å². The predicted molar refractivity (Wildman–Crippen MR) is 74.7 cm³/mol. The van der Waals surface area contributed by atoms with Gasteiger partial charge in [-0.2, -0.15) is 0 Å². The number of benzene rings is 1.